The maximum atomic E-state index is 13.7. The first-order valence-corrected chi connectivity index (χ1v) is 8.72. The van der Waals surface area contributed by atoms with Gasteiger partial charge >= 0.3 is 0 Å². The molecule has 140 valence electrons. The molecule has 0 saturated heterocycles. The maximum absolute atomic E-state index is 13.7. The molecule has 0 bridgehead atoms. The highest BCUT2D eigenvalue weighted by Gasteiger charge is 2.22. The van der Waals surface area contributed by atoms with Gasteiger partial charge in [-0.15, -0.1) is 0 Å². The van der Waals surface area contributed by atoms with Gasteiger partial charge in [-0.2, -0.15) is 5.10 Å². The zero-order valence-corrected chi connectivity index (χ0v) is 15.4. The van der Waals surface area contributed by atoms with Gasteiger partial charge in [0.1, 0.15) is 18.2 Å². The molecule has 0 fully saturated rings. The first kappa shape index (κ1) is 18.3. The number of rotatable bonds is 5. The molecule has 0 spiro atoms. The van der Waals surface area contributed by atoms with Crippen LogP contribution in [-0.4, -0.2) is 40.9 Å². The van der Waals surface area contributed by atoms with Gasteiger partial charge in [-0.1, -0.05) is 12.1 Å². The molecular formula is C18H25FN6O. The van der Waals surface area contributed by atoms with E-state index in [1.165, 1.54) is 0 Å². The minimum atomic E-state index is -0.190. The number of guanidine groups is 1. The Balaban J connectivity index is 1.55. The lowest BCUT2D eigenvalue weighted by Crippen LogP contribution is -2.46. The predicted octanol–water partition coefficient (Wildman–Crippen LogP) is 1.55. The summed E-state index contributed by atoms with van der Waals surface area (Å²) in [7, 11) is 3.37. The largest absolute Gasteiger partial charge is 0.377 e. The van der Waals surface area contributed by atoms with E-state index in [2.05, 4.69) is 25.7 Å². The lowest BCUT2D eigenvalue weighted by atomic mass is 10.1. The maximum Gasteiger partial charge on any atom is 0.191 e. The Morgan fingerprint density at radius 1 is 1.46 bits per heavy atom. The summed E-state index contributed by atoms with van der Waals surface area (Å²) in [6.07, 6.45) is 1.81. The second kappa shape index (κ2) is 8.27. The monoisotopic (exact) mass is 360 g/mol. The topological polar surface area (TPSA) is 76.4 Å². The predicted molar refractivity (Wildman–Crippen MR) is 97.3 cm³/mol. The van der Waals surface area contributed by atoms with Crippen LogP contribution in [0, 0.1) is 12.7 Å². The average molecular weight is 360 g/mol. The minimum Gasteiger partial charge on any atom is -0.377 e. The number of aryl methyl sites for hydroxylation is 2. The summed E-state index contributed by atoms with van der Waals surface area (Å²) >= 11 is 0. The van der Waals surface area contributed by atoms with E-state index in [9.17, 15) is 4.39 Å². The van der Waals surface area contributed by atoms with Gasteiger partial charge in [0.25, 0.3) is 0 Å². The Bertz CT molecular complexity index is 788. The SMILES string of the molecule is CN=C(NCc1ccc(C)c(F)c1)NC1CCc2nc(COC)nn2C1. The van der Waals surface area contributed by atoms with E-state index in [1.54, 1.807) is 33.2 Å². The lowest BCUT2D eigenvalue weighted by Gasteiger charge is -2.25. The Kier molecular flexibility index (Phi) is 5.82. The molecule has 7 nitrogen and oxygen atoms in total. The van der Waals surface area contributed by atoms with E-state index in [4.69, 9.17) is 4.74 Å². The lowest BCUT2D eigenvalue weighted by molar-refractivity contribution is 0.177. The summed E-state index contributed by atoms with van der Waals surface area (Å²) < 4.78 is 20.7. The van der Waals surface area contributed by atoms with Crippen LogP contribution < -0.4 is 10.6 Å². The number of fused-ring (bicyclic) bond motifs is 1. The molecule has 2 aromatic rings. The standard InChI is InChI=1S/C18H25FN6O/c1-12-4-5-13(8-15(12)19)9-21-18(20-2)22-14-6-7-17-23-16(11-26-3)24-25(17)10-14/h4-5,8,14H,6-7,9-11H2,1-3H3,(H2,20,21,22). The van der Waals surface area contributed by atoms with Crippen molar-refractivity contribution in [3.8, 4) is 0 Å². The molecule has 3 rings (SSSR count). The number of methoxy groups -OCH3 is 1. The number of benzene rings is 1. The fourth-order valence-electron chi connectivity index (χ4n) is 2.99. The molecule has 1 aromatic carbocycles. The highest BCUT2D eigenvalue weighted by atomic mass is 19.1. The van der Waals surface area contributed by atoms with Crippen LogP contribution in [0.2, 0.25) is 0 Å². The van der Waals surface area contributed by atoms with E-state index >= 15 is 0 Å². The van der Waals surface area contributed by atoms with Gasteiger partial charge in [0.15, 0.2) is 11.8 Å². The third-order valence-corrected chi connectivity index (χ3v) is 4.44. The fraction of sp³-hybridized carbons (Fsp3) is 0.500. The number of nitrogens with one attached hydrogen (secondary N) is 2. The van der Waals surface area contributed by atoms with Crippen molar-refractivity contribution in [2.75, 3.05) is 14.2 Å². The van der Waals surface area contributed by atoms with Gasteiger partial charge < -0.3 is 15.4 Å². The van der Waals surface area contributed by atoms with Crippen LogP contribution in [0.3, 0.4) is 0 Å². The molecular weight excluding hydrogens is 335 g/mol. The molecule has 0 radical (unpaired) electrons. The van der Waals surface area contributed by atoms with Crippen LogP contribution in [-0.2, 0) is 30.9 Å². The van der Waals surface area contributed by atoms with Gasteiger partial charge in [-0.25, -0.2) is 14.1 Å². The molecule has 0 aliphatic carbocycles. The van der Waals surface area contributed by atoms with Crippen LogP contribution in [0.15, 0.2) is 23.2 Å². The summed E-state index contributed by atoms with van der Waals surface area (Å²) in [5.41, 5.74) is 1.53. The molecule has 1 aromatic heterocycles. The van der Waals surface area contributed by atoms with Crippen molar-refractivity contribution in [2.45, 2.75) is 45.5 Å². The van der Waals surface area contributed by atoms with Crippen LogP contribution in [0.5, 0.6) is 0 Å². The number of ether oxygens (including phenoxy) is 1. The molecule has 2 heterocycles. The number of hydrogen-bond acceptors (Lipinski definition) is 4. The van der Waals surface area contributed by atoms with Crippen LogP contribution in [0.25, 0.3) is 0 Å². The van der Waals surface area contributed by atoms with Gasteiger partial charge in [-0.3, -0.25) is 4.99 Å². The summed E-state index contributed by atoms with van der Waals surface area (Å²) in [4.78, 5) is 8.75. The zero-order chi connectivity index (χ0) is 18.5. The quantitative estimate of drug-likeness (QED) is 0.625. The van der Waals surface area contributed by atoms with Crippen LogP contribution in [0.1, 0.15) is 29.2 Å². The number of aliphatic imine (C=N–C) groups is 1. The van der Waals surface area contributed by atoms with Crippen molar-refractivity contribution in [3.05, 3.63) is 46.8 Å². The van der Waals surface area contributed by atoms with Crippen molar-refractivity contribution in [1.82, 2.24) is 25.4 Å². The van der Waals surface area contributed by atoms with E-state index in [1.807, 2.05) is 10.7 Å². The molecule has 0 saturated carbocycles. The number of nitrogens with zero attached hydrogens (tertiary/aromatic N) is 4. The first-order chi connectivity index (χ1) is 12.6. The summed E-state index contributed by atoms with van der Waals surface area (Å²) in [6.45, 7) is 3.42. The second-order valence-corrected chi connectivity index (χ2v) is 6.45. The molecule has 0 amide bonds. The molecule has 8 heteroatoms. The Hall–Kier alpha value is -2.48. The first-order valence-electron chi connectivity index (χ1n) is 8.72. The number of halogens is 1. The zero-order valence-electron chi connectivity index (χ0n) is 15.4. The Labute approximate surface area is 152 Å². The van der Waals surface area contributed by atoms with Crippen LogP contribution >= 0.6 is 0 Å². The number of aromatic nitrogens is 3. The third kappa shape index (κ3) is 4.37. The summed E-state index contributed by atoms with van der Waals surface area (Å²) in [5, 5.41) is 11.1. The average Bonchev–Trinajstić information content (AvgIpc) is 3.03. The van der Waals surface area contributed by atoms with Gasteiger partial charge in [0, 0.05) is 33.2 Å². The van der Waals surface area contributed by atoms with Gasteiger partial charge in [-0.05, 0) is 30.5 Å². The Morgan fingerprint density at radius 2 is 2.31 bits per heavy atom. The smallest absolute Gasteiger partial charge is 0.191 e. The van der Waals surface area contributed by atoms with Crippen molar-refractivity contribution in [1.29, 1.82) is 0 Å². The normalized spacial score (nSPS) is 17.1. The van der Waals surface area contributed by atoms with E-state index < -0.39 is 0 Å². The van der Waals surface area contributed by atoms with E-state index in [0.29, 0.717) is 30.5 Å². The van der Waals surface area contributed by atoms with Crippen LogP contribution in [0.4, 0.5) is 4.39 Å². The Morgan fingerprint density at radius 3 is 3.04 bits per heavy atom. The van der Waals surface area contributed by atoms with Gasteiger partial charge in [0.2, 0.25) is 0 Å². The van der Waals surface area contributed by atoms with Crippen molar-refractivity contribution >= 4 is 5.96 Å². The van der Waals surface area contributed by atoms with Crippen molar-refractivity contribution in [2.24, 2.45) is 4.99 Å². The summed E-state index contributed by atoms with van der Waals surface area (Å²) in [5.74, 6) is 2.21. The highest BCUT2D eigenvalue weighted by molar-refractivity contribution is 5.79. The van der Waals surface area contributed by atoms with Crippen molar-refractivity contribution < 1.29 is 9.13 Å². The molecule has 1 aliphatic heterocycles. The molecule has 2 N–H and O–H groups in total. The molecule has 1 aliphatic rings. The molecule has 1 unspecified atom stereocenters. The second-order valence-electron chi connectivity index (χ2n) is 6.45. The van der Waals surface area contributed by atoms with E-state index in [-0.39, 0.29) is 11.9 Å². The third-order valence-electron chi connectivity index (χ3n) is 4.44. The molecule has 1 atom stereocenters. The fourth-order valence-corrected chi connectivity index (χ4v) is 2.99. The minimum absolute atomic E-state index is 0.190. The van der Waals surface area contributed by atoms with E-state index in [0.717, 1.165) is 30.8 Å². The number of hydrogen-bond donors (Lipinski definition) is 2. The highest BCUT2D eigenvalue weighted by Crippen LogP contribution is 2.13. The molecule has 26 heavy (non-hydrogen) atoms. The van der Waals surface area contributed by atoms with Crippen molar-refractivity contribution in [3.63, 3.8) is 0 Å². The summed E-state index contributed by atoms with van der Waals surface area (Å²) in [6, 6.07) is 5.46. The van der Waals surface area contributed by atoms with Gasteiger partial charge in [0.05, 0.1) is 6.54 Å².